The van der Waals surface area contributed by atoms with Crippen molar-refractivity contribution in [1.82, 2.24) is 10.4 Å². The fraction of sp³-hybridized carbons (Fsp3) is 0.214. The molecule has 1 aromatic carbocycles. The first kappa shape index (κ1) is 14.8. The zero-order chi connectivity index (χ0) is 14.5. The van der Waals surface area contributed by atoms with Crippen molar-refractivity contribution in [2.45, 2.75) is 6.04 Å². The maximum atomic E-state index is 5.70. The first-order chi connectivity index (χ1) is 9.72. The maximum absolute atomic E-state index is 5.70. The van der Waals surface area contributed by atoms with E-state index in [9.17, 15) is 0 Å². The third kappa shape index (κ3) is 2.77. The number of rotatable bonds is 5. The van der Waals surface area contributed by atoms with E-state index in [1.807, 2.05) is 24.3 Å². The fourth-order valence-corrected chi connectivity index (χ4v) is 2.74. The van der Waals surface area contributed by atoms with Crippen molar-refractivity contribution in [1.29, 1.82) is 0 Å². The van der Waals surface area contributed by atoms with Gasteiger partial charge in [-0.3, -0.25) is 10.8 Å². The molecule has 0 aliphatic carbocycles. The highest BCUT2D eigenvalue weighted by atomic mass is 79.9. The predicted molar refractivity (Wildman–Crippen MR) is 80.6 cm³/mol. The smallest absolute Gasteiger partial charge is 0.141 e. The number of hydrogen-bond acceptors (Lipinski definition) is 5. The molecule has 0 spiro atoms. The van der Waals surface area contributed by atoms with Gasteiger partial charge in [-0.05, 0) is 39.7 Å². The lowest BCUT2D eigenvalue weighted by atomic mass is 9.99. The van der Waals surface area contributed by atoms with Crippen molar-refractivity contribution in [2.75, 3.05) is 14.2 Å². The van der Waals surface area contributed by atoms with Crippen LogP contribution in [0.4, 0.5) is 0 Å². The lowest BCUT2D eigenvalue weighted by molar-refractivity contribution is 0.383. The summed E-state index contributed by atoms with van der Waals surface area (Å²) in [5.74, 6) is 7.08. The molecule has 0 saturated carbocycles. The largest absolute Gasteiger partial charge is 0.495 e. The van der Waals surface area contributed by atoms with Crippen molar-refractivity contribution >= 4 is 15.9 Å². The summed E-state index contributed by atoms with van der Waals surface area (Å²) in [6.07, 6.45) is 3.49. The summed E-state index contributed by atoms with van der Waals surface area (Å²) >= 11 is 3.49. The monoisotopic (exact) mass is 337 g/mol. The van der Waals surface area contributed by atoms with Gasteiger partial charge < -0.3 is 9.47 Å². The van der Waals surface area contributed by atoms with Gasteiger partial charge in [-0.15, -0.1) is 0 Å². The number of nitrogens with two attached hydrogens (primary N) is 1. The average molecular weight is 338 g/mol. The predicted octanol–water partition coefficient (Wildman–Crippen LogP) is 2.41. The van der Waals surface area contributed by atoms with Crippen LogP contribution in [0.2, 0.25) is 0 Å². The van der Waals surface area contributed by atoms with E-state index in [0.717, 1.165) is 15.6 Å². The van der Waals surface area contributed by atoms with E-state index in [1.54, 1.807) is 26.6 Å². The van der Waals surface area contributed by atoms with Crippen LogP contribution >= 0.6 is 15.9 Å². The fourth-order valence-electron chi connectivity index (χ4n) is 2.06. The number of methoxy groups -OCH3 is 2. The van der Waals surface area contributed by atoms with Gasteiger partial charge >= 0.3 is 0 Å². The summed E-state index contributed by atoms with van der Waals surface area (Å²) in [7, 11) is 3.22. The number of nitrogens with zero attached hydrogens (tertiary/aromatic N) is 1. The van der Waals surface area contributed by atoms with E-state index < -0.39 is 0 Å². The second-order valence-corrected chi connectivity index (χ2v) is 4.88. The molecule has 1 heterocycles. The van der Waals surface area contributed by atoms with Gasteiger partial charge in [0.05, 0.1) is 20.3 Å². The highest BCUT2D eigenvalue weighted by Crippen LogP contribution is 2.40. The lowest BCUT2D eigenvalue weighted by Crippen LogP contribution is -2.29. The van der Waals surface area contributed by atoms with Crippen molar-refractivity contribution < 1.29 is 9.47 Å². The standard InChI is InChI=1S/C14H16BrN3O2/c1-19-11-6-5-10(14(20-2)12(11)15)13(18-16)9-4-3-7-17-8-9/h3-8,13,18H,16H2,1-2H3. The van der Waals surface area contributed by atoms with Gasteiger partial charge in [0.15, 0.2) is 0 Å². The normalized spacial score (nSPS) is 12.0. The molecule has 106 valence electrons. The molecule has 0 aliphatic rings. The number of pyridine rings is 1. The Bertz CT molecular complexity index is 578. The molecule has 2 aromatic rings. The average Bonchev–Trinajstić information content (AvgIpc) is 2.49. The Hall–Kier alpha value is -1.63. The molecule has 5 nitrogen and oxygen atoms in total. The Kier molecular flexibility index (Phi) is 4.94. The molecule has 2 rings (SSSR count). The van der Waals surface area contributed by atoms with Crippen LogP contribution in [0.25, 0.3) is 0 Å². The second-order valence-electron chi connectivity index (χ2n) is 4.09. The summed E-state index contributed by atoms with van der Waals surface area (Å²) in [6.45, 7) is 0. The van der Waals surface area contributed by atoms with Crippen molar-refractivity contribution in [3.8, 4) is 11.5 Å². The number of hydrazine groups is 1. The number of ether oxygens (including phenoxy) is 2. The Labute approximate surface area is 126 Å². The highest BCUT2D eigenvalue weighted by molar-refractivity contribution is 9.10. The molecule has 0 fully saturated rings. The summed E-state index contributed by atoms with van der Waals surface area (Å²) in [6, 6.07) is 7.38. The van der Waals surface area contributed by atoms with E-state index in [1.165, 1.54) is 0 Å². The molecule has 1 aromatic heterocycles. The summed E-state index contributed by atoms with van der Waals surface area (Å²) in [4.78, 5) is 4.12. The molecule has 0 radical (unpaired) electrons. The lowest BCUT2D eigenvalue weighted by Gasteiger charge is -2.21. The van der Waals surface area contributed by atoms with Crippen LogP contribution in [0.5, 0.6) is 11.5 Å². The molecular weight excluding hydrogens is 322 g/mol. The quantitative estimate of drug-likeness (QED) is 0.647. The van der Waals surface area contributed by atoms with Crippen LogP contribution in [0.1, 0.15) is 17.2 Å². The Morgan fingerprint density at radius 3 is 2.60 bits per heavy atom. The molecule has 0 bridgehead atoms. The van der Waals surface area contributed by atoms with Crippen LogP contribution in [0.15, 0.2) is 41.1 Å². The number of aromatic nitrogens is 1. The zero-order valence-corrected chi connectivity index (χ0v) is 12.8. The third-order valence-corrected chi connectivity index (χ3v) is 3.76. The summed E-state index contributed by atoms with van der Waals surface area (Å²) in [5.41, 5.74) is 4.64. The number of hydrogen-bond donors (Lipinski definition) is 2. The topological polar surface area (TPSA) is 69.4 Å². The van der Waals surface area contributed by atoms with E-state index in [-0.39, 0.29) is 6.04 Å². The summed E-state index contributed by atoms with van der Waals surface area (Å²) in [5, 5.41) is 0. The Balaban J connectivity index is 2.53. The molecule has 0 aliphatic heterocycles. The molecular formula is C14H16BrN3O2. The van der Waals surface area contributed by atoms with Gasteiger partial charge in [-0.25, -0.2) is 5.43 Å². The molecule has 3 N–H and O–H groups in total. The number of nitrogens with one attached hydrogen (secondary N) is 1. The maximum Gasteiger partial charge on any atom is 0.141 e. The van der Waals surface area contributed by atoms with Gasteiger partial charge in [0, 0.05) is 18.0 Å². The molecule has 0 amide bonds. The van der Waals surface area contributed by atoms with Crippen LogP contribution < -0.4 is 20.7 Å². The minimum absolute atomic E-state index is 0.221. The van der Waals surface area contributed by atoms with Crippen LogP contribution in [-0.4, -0.2) is 19.2 Å². The van der Waals surface area contributed by atoms with Gasteiger partial charge in [-0.2, -0.15) is 0 Å². The molecule has 0 saturated heterocycles. The Morgan fingerprint density at radius 2 is 2.05 bits per heavy atom. The van der Waals surface area contributed by atoms with Crippen LogP contribution in [-0.2, 0) is 0 Å². The molecule has 20 heavy (non-hydrogen) atoms. The Morgan fingerprint density at radius 1 is 1.25 bits per heavy atom. The molecule has 1 unspecified atom stereocenters. The second kappa shape index (κ2) is 6.69. The van der Waals surface area contributed by atoms with E-state index >= 15 is 0 Å². The van der Waals surface area contributed by atoms with Gasteiger partial charge in [-0.1, -0.05) is 6.07 Å². The third-order valence-electron chi connectivity index (χ3n) is 3.01. The SMILES string of the molecule is COc1ccc(C(NN)c2cccnc2)c(OC)c1Br. The van der Waals surface area contributed by atoms with Crippen molar-refractivity contribution in [3.05, 3.63) is 52.3 Å². The van der Waals surface area contributed by atoms with E-state index in [2.05, 4.69) is 26.3 Å². The van der Waals surface area contributed by atoms with Crippen LogP contribution in [0.3, 0.4) is 0 Å². The minimum atomic E-state index is -0.221. The minimum Gasteiger partial charge on any atom is -0.495 e. The first-order valence-electron chi connectivity index (χ1n) is 5.99. The highest BCUT2D eigenvalue weighted by Gasteiger charge is 2.21. The van der Waals surface area contributed by atoms with Gasteiger partial charge in [0.25, 0.3) is 0 Å². The van der Waals surface area contributed by atoms with E-state index in [4.69, 9.17) is 15.3 Å². The van der Waals surface area contributed by atoms with Crippen molar-refractivity contribution in [2.24, 2.45) is 5.84 Å². The summed E-state index contributed by atoms with van der Waals surface area (Å²) < 4.78 is 11.5. The van der Waals surface area contributed by atoms with Gasteiger partial charge in [0.2, 0.25) is 0 Å². The molecule has 6 heteroatoms. The number of benzene rings is 1. The van der Waals surface area contributed by atoms with E-state index in [0.29, 0.717) is 11.5 Å². The van der Waals surface area contributed by atoms with Crippen molar-refractivity contribution in [3.63, 3.8) is 0 Å². The number of halogens is 1. The van der Waals surface area contributed by atoms with Gasteiger partial charge in [0.1, 0.15) is 16.0 Å². The first-order valence-corrected chi connectivity index (χ1v) is 6.78. The zero-order valence-electron chi connectivity index (χ0n) is 11.3. The molecule has 1 atom stereocenters. The van der Waals surface area contributed by atoms with Crippen LogP contribution in [0, 0.1) is 0 Å².